The minimum Gasteiger partial charge on any atom is -0.380 e. The van der Waals surface area contributed by atoms with Crippen LogP contribution >= 0.6 is 0 Å². The van der Waals surface area contributed by atoms with Gasteiger partial charge in [-0.25, -0.2) is 4.39 Å². The number of halogens is 1. The molecule has 0 amide bonds. The molecule has 2 aromatic carbocycles. The second-order valence-corrected chi connectivity index (χ2v) is 4.58. The monoisotopic (exact) mass is 285 g/mol. The molecule has 106 valence electrons. The Morgan fingerprint density at radius 2 is 1.71 bits per heavy atom. The van der Waals surface area contributed by atoms with Crippen LogP contribution in [0.2, 0.25) is 0 Å². The van der Waals surface area contributed by atoms with Gasteiger partial charge in [-0.05, 0) is 18.2 Å². The van der Waals surface area contributed by atoms with Crippen molar-refractivity contribution in [2.75, 3.05) is 5.32 Å². The summed E-state index contributed by atoms with van der Waals surface area (Å²) in [6.07, 6.45) is 0. The van der Waals surface area contributed by atoms with Crippen molar-refractivity contribution < 1.29 is 4.39 Å². The van der Waals surface area contributed by atoms with Crippen LogP contribution in [0.15, 0.2) is 52.1 Å². The summed E-state index contributed by atoms with van der Waals surface area (Å²) in [5, 5.41) is 8.11. The fourth-order valence-electron chi connectivity index (χ4n) is 2.21. The molecule has 0 spiro atoms. The number of aromatic amines is 2. The normalized spacial score (nSPS) is 10.7. The SMILES string of the molecule is O=c1[nH][nH]c(=O)c2c(NCc3ccccc3F)cccc12. The van der Waals surface area contributed by atoms with Crippen molar-refractivity contribution in [3.05, 3.63) is 74.6 Å². The van der Waals surface area contributed by atoms with Gasteiger partial charge < -0.3 is 5.32 Å². The van der Waals surface area contributed by atoms with Crippen molar-refractivity contribution in [1.29, 1.82) is 0 Å². The van der Waals surface area contributed by atoms with Gasteiger partial charge in [-0.15, -0.1) is 0 Å². The third kappa shape index (κ3) is 2.43. The van der Waals surface area contributed by atoms with E-state index in [1.807, 2.05) is 0 Å². The molecule has 6 heteroatoms. The summed E-state index contributed by atoms with van der Waals surface area (Å²) >= 11 is 0. The third-order valence-electron chi connectivity index (χ3n) is 3.25. The number of nitrogens with one attached hydrogen (secondary N) is 3. The zero-order chi connectivity index (χ0) is 14.8. The summed E-state index contributed by atoms with van der Waals surface area (Å²) in [6, 6.07) is 11.3. The maximum absolute atomic E-state index is 13.6. The van der Waals surface area contributed by atoms with Gasteiger partial charge in [-0.1, -0.05) is 24.3 Å². The lowest BCUT2D eigenvalue weighted by atomic mass is 10.1. The van der Waals surface area contributed by atoms with Gasteiger partial charge in [0.15, 0.2) is 0 Å². The van der Waals surface area contributed by atoms with Crippen LogP contribution in [0.5, 0.6) is 0 Å². The molecule has 3 rings (SSSR count). The highest BCUT2D eigenvalue weighted by Crippen LogP contribution is 2.18. The lowest BCUT2D eigenvalue weighted by Crippen LogP contribution is -2.20. The number of anilines is 1. The Morgan fingerprint density at radius 1 is 0.952 bits per heavy atom. The van der Waals surface area contributed by atoms with Crippen LogP contribution in [0.3, 0.4) is 0 Å². The Kier molecular flexibility index (Phi) is 3.27. The van der Waals surface area contributed by atoms with E-state index in [1.54, 1.807) is 36.4 Å². The Balaban J connectivity index is 2.02. The predicted octanol–water partition coefficient (Wildman–Crippen LogP) is 1.97. The molecule has 1 aromatic heterocycles. The van der Waals surface area contributed by atoms with Crippen LogP contribution in [0, 0.1) is 5.82 Å². The van der Waals surface area contributed by atoms with Gasteiger partial charge in [0.1, 0.15) is 5.82 Å². The van der Waals surface area contributed by atoms with Crippen molar-refractivity contribution in [2.45, 2.75) is 6.54 Å². The first-order valence-electron chi connectivity index (χ1n) is 6.38. The van der Waals surface area contributed by atoms with Gasteiger partial charge in [0.2, 0.25) is 0 Å². The standard InChI is InChI=1S/C15H12FN3O2/c16-11-6-2-1-4-9(11)8-17-12-7-3-5-10-13(12)15(21)19-18-14(10)20/h1-7,17H,8H2,(H,18,20)(H,19,21). The molecule has 1 heterocycles. The second-order valence-electron chi connectivity index (χ2n) is 4.58. The van der Waals surface area contributed by atoms with E-state index in [1.165, 1.54) is 6.07 Å². The minimum absolute atomic E-state index is 0.220. The van der Waals surface area contributed by atoms with E-state index in [0.717, 1.165) is 0 Å². The Hall–Kier alpha value is -2.89. The Bertz CT molecular complexity index is 914. The zero-order valence-electron chi connectivity index (χ0n) is 10.9. The van der Waals surface area contributed by atoms with E-state index in [0.29, 0.717) is 11.3 Å². The lowest BCUT2D eigenvalue weighted by Gasteiger charge is -2.09. The number of fused-ring (bicyclic) bond motifs is 1. The van der Waals surface area contributed by atoms with Crippen LogP contribution in [0.25, 0.3) is 10.8 Å². The van der Waals surface area contributed by atoms with Gasteiger partial charge in [-0.3, -0.25) is 19.8 Å². The molecule has 21 heavy (non-hydrogen) atoms. The molecule has 0 aliphatic rings. The summed E-state index contributed by atoms with van der Waals surface area (Å²) in [5.74, 6) is -0.322. The van der Waals surface area contributed by atoms with E-state index in [-0.39, 0.29) is 28.7 Å². The first kappa shape index (κ1) is 13.1. The average Bonchev–Trinajstić information content (AvgIpc) is 2.50. The van der Waals surface area contributed by atoms with Gasteiger partial charge >= 0.3 is 0 Å². The van der Waals surface area contributed by atoms with Crippen LogP contribution in [0.1, 0.15) is 5.56 Å². The fourth-order valence-corrected chi connectivity index (χ4v) is 2.21. The molecule has 0 atom stereocenters. The molecule has 0 radical (unpaired) electrons. The highest BCUT2D eigenvalue weighted by atomic mass is 19.1. The lowest BCUT2D eigenvalue weighted by molar-refractivity contribution is 0.613. The van der Waals surface area contributed by atoms with E-state index in [9.17, 15) is 14.0 Å². The fraction of sp³-hybridized carbons (Fsp3) is 0.0667. The quantitative estimate of drug-likeness (QED) is 0.688. The smallest absolute Gasteiger partial charge is 0.272 e. The van der Waals surface area contributed by atoms with E-state index in [2.05, 4.69) is 15.5 Å². The molecular formula is C15H12FN3O2. The van der Waals surface area contributed by atoms with Crippen molar-refractivity contribution in [3.63, 3.8) is 0 Å². The molecule has 0 unspecified atom stereocenters. The first-order valence-corrected chi connectivity index (χ1v) is 6.38. The van der Waals surface area contributed by atoms with E-state index < -0.39 is 5.56 Å². The molecule has 0 aliphatic carbocycles. The zero-order valence-corrected chi connectivity index (χ0v) is 10.9. The molecule has 0 saturated heterocycles. The van der Waals surface area contributed by atoms with Crippen LogP contribution < -0.4 is 16.4 Å². The maximum Gasteiger partial charge on any atom is 0.272 e. The molecule has 5 nitrogen and oxygen atoms in total. The first-order chi connectivity index (χ1) is 10.2. The highest BCUT2D eigenvalue weighted by Gasteiger charge is 2.08. The number of hydrogen-bond donors (Lipinski definition) is 3. The van der Waals surface area contributed by atoms with Crippen molar-refractivity contribution in [2.24, 2.45) is 0 Å². The summed E-state index contributed by atoms with van der Waals surface area (Å²) in [5.41, 5.74) is 0.194. The van der Waals surface area contributed by atoms with Crippen LogP contribution in [-0.4, -0.2) is 10.2 Å². The van der Waals surface area contributed by atoms with Crippen molar-refractivity contribution in [3.8, 4) is 0 Å². The number of rotatable bonds is 3. The Labute approximate surface area is 118 Å². The summed E-state index contributed by atoms with van der Waals surface area (Å²) in [7, 11) is 0. The number of H-pyrrole nitrogens is 2. The van der Waals surface area contributed by atoms with Crippen LogP contribution in [-0.2, 0) is 6.54 Å². The third-order valence-corrected chi connectivity index (χ3v) is 3.25. The predicted molar refractivity (Wildman–Crippen MR) is 78.9 cm³/mol. The maximum atomic E-state index is 13.6. The van der Waals surface area contributed by atoms with Crippen molar-refractivity contribution in [1.82, 2.24) is 10.2 Å². The number of aromatic nitrogens is 2. The average molecular weight is 285 g/mol. The molecule has 0 aliphatic heterocycles. The summed E-state index contributed by atoms with van der Waals surface area (Å²) < 4.78 is 13.6. The molecule has 0 fully saturated rings. The molecule has 3 N–H and O–H groups in total. The molecule has 0 bridgehead atoms. The number of benzene rings is 2. The number of hydrogen-bond acceptors (Lipinski definition) is 3. The highest BCUT2D eigenvalue weighted by molar-refractivity contribution is 5.92. The van der Waals surface area contributed by atoms with Gasteiger partial charge in [0, 0.05) is 17.8 Å². The minimum atomic E-state index is -0.402. The summed E-state index contributed by atoms with van der Waals surface area (Å²) in [4.78, 5) is 23.6. The van der Waals surface area contributed by atoms with Crippen molar-refractivity contribution >= 4 is 16.5 Å². The van der Waals surface area contributed by atoms with E-state index in [4.69, 9.17) is 0 Å². The second kappa shape index (κ2) is 5.24. The van der Waals surface area contributed by atoms with Gasteiger partial charge in [0.05, 0.1) is 10.8 Å². The summed E-state index contributed by atoms with van der Waals surface area (Å²) in [6.45, 7) is 0.220. The van der Waals surface area contributed by atoms with Gasteiger partial charge in [-0.2, -0.15) is 0 Å². The largest absolute Gasteiger partial charge is 0.380 e. The Morgan fingerprint density at radius 3 is 2.52 bits per heavy atom. The van der Waals surface area contributed by atoms with Gasteiger partial charge in [0.25, 0.3) is 11.1 Å². The topological polar surface area (TPSA) is 77.8 Å². The molecular weight excluding hydrogens is 273 g/mol. The molecule has 0 saturated carbocycles. The van der Waals surface area contributed by atoms with Crippen LogP contribution in [0.4, 0.5) is 10.1 Å². The van der Waals surface area contributed by atoms with E-state index >= 15 is 0 Å². The molecule has 3 aromatic rings.